The smallest absolute Gasteiger partial charge is 0.204 e. The van der Waals surface area contributed by atoms with Gasteiger partial charge in [-0.3, -0.25) is 4.40 Å². The first kappa shape index (κ1) is 7.38. The summed E-state index contributed by atoms with van der Waals surface area (Å²) in [4.78, 5) is 4.09. The molecule has 0 atom stereocenters. The number of hydrogen-bond donors (Lipinski definition) is 1. The maximum absolute atomic E-state index is 5.72. The average molecular weight is 183 g/mol. The maximum Gasteiger partial charge on any atom is 0.204 e. The zero-order chi connectivity index (χ0) is 9.54. The number of imidazole rings is 1. The fraction of sp³-hybridized carbons (Fsp3) is 0. The van der Waals surface area contributed by atoms with Crippen LogP contribution >= 0.6 is 0 Å². The van der Waals surface area contributed by atoms with Crippen molar-refractivity contribution < 1.29 is 0 Å². The van der Waals surface area contributed by atoms with Crippen LogP contribution in [-0.4, -0.2) is 9.38 Å². The average Bonchev–Trinajstić information content (AvgIpc) is 2.61. The van der Waals surface area contributed by atoms with E-state index in [1.807, 2.05) is 28.8 Å². The van der Waals surface area contributed by atoms with E-state index in [4.69, 9.17) is 5.73 Å². The van der Waals surface area contributed by atoms with Crippen molar-refractivity contribution in [2.24, 2.45) is 0 Å². The molecule has 0 aliphatic rings. The Morgan fingerprint density at radius 1 is 1.14 bits per heavy atom. The topological polar surface area (TPSA) is 43.3 Å². The van der Waals surface area contributed by atoms with Crippen molar-refractivity contribution in [2.75, 3.05) is 5.73 Å². The number of nitrogens with zero attached hydrogens (tertiary/aromatic N) is 2. The third-order valence-corrected chi connectivity index (χ3v) is 2.47. The number of benzene rings is 1. The summed E-state index contributed by atoms with van der Waals surface area (Å²) in [6.45, 7) is 0. The molecule has 0 spiro atoms. The Morgan fingerprint density at radius 2 is 2.00 bits per heavy atom. The van der Waals surface area contributed by atoms with Crippen molar-refractivity contribution in [2.45, 2.75) is 0 Å². The van der Waals surface area contributed by atoms with E-state index in [9.17, 15) is 0 Å². The monoisotopic (exact) mass is 183 g/mol. The normalized spacial score (nSPS) is 11.1. The molecule has 68 valence electrons. The molecule has 14 heavy (non-hydrogen) atoms. The van der Waals surface area contributed by atoms with E-state index < -0.39 is 0 Å². The van der Waals surface area contributed by atoms with Crippen LogP contribution in [0.3, 0.4) is 0 Å². The molecule has 0 saturated carbocycles. The summed E-state index contributed by atoms with van der Waals surface area (Å²) in [7, 11) is 0. The molecule has 2 heterocycles. The predicted octanol–water partition coefficient (Wildman–Crippen LogP) is 2.07. The van der Waals surface area contributed by atoms with Crippen LogP contribution in [0.25, 0.3) is 16.3 Å². The molecule has 3 rings (SSSR count). The fourth-order valence-corrected chi connectivity index (χ4v) is 1.76. The van der Waals surface area contributed by atoms with E-state index in [0.29, 0.717) is 5.95 Å². The second kappa shape index (κ2) is 2.48. The Bertz CT molecular complexity index is 610. The summed E-state index contributed by atoms with van der Waals surface area (Å²) >= 11 is 0. The first-order chi connectivity index (χ1) is 6.86. The zero-order valence-corrected chi connectivity index (χ0v) is 7.51. The first-order valence-corrected chi connectivity index (χ1v) is 4.46. The number of rotatable bonds is 0. The Balaban J connectivity index is 2.61. The highest BCUT2D eigenvalue weighted by Gasteiger charge is 2.02. The van der Waals surface area contributed by atoms with Crippen LogP contribution in [-0.2, 0) is 0 Å². The molecule has 0 amide bonds. The Kier molecular flexibility index (Phi) is 1.31. The molecule has 3 heteroatoms. The van der Waals surface area contributed by atoms with Crippen LogP contribution in [0.2, 0.25) is 0 Å². The molecule has 0 aliphatic heterocycles. The maximum atomic E-state index is 5.72. The molecule has 3 aromatic rings. The van der Waals surface area contributed by atoms with E-state index in [2.05, 4.69) is 17.1 Å². The number of nitrogens with two attached hydrogens (primary N) is 1. The summed E-state index contributed by atoms with van der Waals surface area (Å²) in [6, 6.07) is 10.2. The highest BCUT2D eigenvalue weighted by Crippen LogP contribution is 2.20. The van der Waals surface area contributed by atoms with Crippen LogP contribution in [0.15, 0.2) is 42.7 Å². The lowest BCUT2D eigenvalue weighted by atomic mass is 10.1. The standard InChI is InChI=1S/C11H9N3/c12-11-13-7-10-9-4-2-1-3-8(9)5-6-14(10)11/h1-7H,(H2,12,13). The number of pyridine rings is 1. The van der Waals surface area contributed by atoms with Gasteiger partial charge < -0.3 is 5.73 Å². The molecule has 2 aromatic heterocycles. The van der Waals surface area contributed by atoms with E-state index >= 15 is 0 Å². The third-order valence-electron chi connectivity index (χ3n) is 2.47. The van der Waals surface area contributed by atoms with Gasteiger partial charge in [-0.2, -0.15) is 0 Å². The third kappa shape index (κ3) is 0.836. The summed E-state index contributed by atoms with van der Waals surface area (Å²) < 4.78 is 1.89. The molecular weight excluding hydrogens is 174 g/mol. The van der Waals surface area contributed by atoms with Gasteiger partial charge in [0, 0.05) is 11.6 Å². The highest BCUT2D eigenvalue weighted by molar-refractivity contribution is 5.95. The summed E-state index contributed by atoms with van der Waals surface area (Å²) in [5.74, 6) is 0.533. The van der Waals surface area contributed by atoms with Gasteiger partial charge in [0.05, 0.1) is 11.7 Å². The minimum atomic E-state index is 0.533. The summed E-state index contributed by atoms with van der Waals surface area (Å²) in [5, 5.41) is 2.39. The van der Waals surface area contributed by atoms with Crippen LogP contribution < -0.4 is 5.73 Å². The molecule has 0 unspecified atom stereocenters. The molecule has 0 aliphatic carbocycles. The molecule has 2 N–H and O–H groups in total. The molecule has 0 fully saturated rings. The van der Waals surface area contributed by atoms with Crippen LogP contribution in [0.4, 0.5) is 5.95 Å². The quantitative estimate of drug-likeness (QED) is 0.579. The van der Waals surface area contributed by atoms with Gasteiger partial charge >= 0.3 is 0 Å². The molecule has 1 aromatic carbocycles. The van der Waals surface area contributed by atoms with Crippen molar-refractivity contribution in [3.8, 4) is 0 Å². The lowest BCUT2D eigenvalue weighted by molar-refractivity contribution is 1.18. The predicted molar refractivity (Wildman–Crippen MR) is 57.1 cm³/mol. The Morgan fingerprint density at radius 3 is 2.93 bits per heavy atom. The molecule has 0 saturated heterocycles. The fourth-order valence-electron chi connectivity index (χ4n) is 1.76. The van der Waals surface area contributed by atoms with Gasteiger partial charge in [0.25, 0.3) is 0 Å². The minimum Gasteiger partial charge on any atom is -0.369 e. The van der Waals surface area contributed by atoms with E-state index in [0.717, 1.165) is 5.52 Å². The Hall–Kier alpha value is -2.03. The highest BCUT2D eigenvalue weighted by atomic mass is 15.1. The lowest BCUT2D eigenvalue weighted by Crippen LogP contribution is -1.93. The number of anilines is 1. The minimum absolute atomic E-state index is 0.533. The van der Waals surface area contributed by atoms with Crippen molar-refractivity contribution in [3.05, 3.63) is 42.7 Å². The van der Waals surface area contributed by atoms with E-state index in [1.165, 1.54) is 10.8 Å². The van der Waals surface area contributed by atoms with Crippen LogP contribution in [0, 0.1) is 0 Å². The molecule has 0 radical (unpaired) electrons. The van der Waals surface area contributed by atoms with Gasteiger partial charge in [-0.05, 0) is 11.5 Å². The van der Waals surface area contributed by atoms with Gasteiger partial charge in [-0.15, -0.1) is 0 Å². The lowest BCUT2D eigenvalue weighted by Gasteiger charge is -2.00. The van der Waals surface area contributed by atoms with Crippen molar-refractivity contribution in [3.63, 3.8) is 0 Å². The number of aromatic nitrogens is 2. The van der Waals surface area contributed by atoms with Gasteiger partial charge in [0.1, 0.15) is 0 Å². The van der Waals surface area contributed by atoms with E-state index in [-0.39, 0.29) is 0 Å². The molecule has 3 nitrogen and oxygen atoms in total. The number of fused-ring (bicyclic) bond motifs is 3. The summed E-state index contributed by atoms with van der Waals surface area (Å²) in [6.07, 6.45) is 3.75. The summed E-state index contributed by atoms with van der Waals surface area (Å²) in [5.41, 5.74) is 6.78. The van der Waals surface area contributed by atoms with Crippen LogP contribution in [0.5, 0.6) is 0 Å². The zero-order valence-electron chi connectivity index (χ0n) is 7.51. The number of nitrogen functional groups attached to an aromatic ring is 1. The van der Waals surface area contributed by atoms with Gasteiger partial charge in [-0.25, -0.2) is 4.98 Å². The molecule has 0 bridgehead atoms. The van der Waals surface area contributed by atoms with Gasteiger partial charge in [-0.1, -0.05) is 24.3 Å². The number of hydrogen-bond acceptors (Lipinski definition) is 2. The SMILES string of the molecule is Nc1ncc2c3ccccc3ccn12. The molecular formula is C11H9N3. The van der Waals surface area contributed by atoms with Crippen molar-refractivity contribution in [1.29, 1.82) is 0 Å². The second-order valence-corrected chi connectivity index (χ2v) is 3.27. The second-order valence-electron chi connectivity index (χ2n) is 3.27. The van der Waals surface area contributed by atoms with E-state index in [1.54, 1.807) is 6.20 Å². The van der Waals surface area contributed by atoms with Crippen molar-refractivity contribution >= 4 is 22.2 Å². The van der Waals surface area contributed by atoms with Gasteiger partial charge in [0.2, 0.25) is 5.95 Å². The first-order valence-electron chi connectivity index (χ1n) is 4.46. The Labute approximate surface area is 80.8 Å². The van der Waals surface area contributed by atoms with Crippen LogP contribution in [0.1, 0.15) is 0 Å². The largest absolute Gasteiger partial charge is 0.369 e. The van der Waals surface area contributed by atoms with Gasteiger partial charge in [0.15, 0.2) is 0 Å². The van der Waals surface area contributed by atoms with Crippen molar-refractivity contribution in [1.82, 2.24) is 9.38 Å².